The van der Waals surface area contributed by atoms with Crippen molar-refractivity contribution in [2.45, 2.75) is 21.2 Å². The molecule has 0 atom stereocenters. The third-order valence-electron chi connectivity index (χ3n) is 2.68. The van der Waals surface area contributed by atoms with Gasteiger partial charge in [-0.1, -0.05) is 0 Å². The van der Waals surface area contributed by atoms with E-state index in [2.05, 4.69) is 31.2 Å². The molecule has 4 heteroatoms. The van der Waals surface area contributed by atoms with E-state index in [0.29, 0.717) is 0 Å². The Balaban J connectivity index is 2.46. The van der Waals surface area contributed by atoms with Gasteiger partial charge in [0.1, 0.15) is 0 Å². The maximum absolute atomic E-state index is 11.5. The van der Waals surface area contributed by atoms with E-state index < -0.39 is 18.4 Å². The summed E-state index contributed by atoms with van der Waals surface area (Å²) in [5.74, 6) is 0.0272. The molecular weight excluding hydrogens is 295 g/mol. The number of hydrogen-bond acceptors (Lipinski definition) is 2. The number of hydrogen-bond donors (Lipinski definition) is 1. The van der Waals surface area contributed by atoms with Gasteiger partial charge in [0.05, 0.1) is 0 Å². The van der Waals surface area contributed by atoms with Gasteiger partial charge in [-0.15, -0.1) is 0 Å². The van der Waals surface area contributed by atoms with Crippen molar-refractivity contribution >= 4 is 28.0 Å². The van der Waals surface area contributed by atoms with Crippen LogP contribution in [0.5, 0.6) is 0 Å². The molecule has 0 fully saturated rings. The fourth-order valence-electron chi connectivity index (χ4n) is 1.72. The van der Waals surface area contributed by atoms with Crippen molar-refractivity contribution in [1.82, 2.24) is 10.3 Å². The summed E-state index contributed by atoms with van der Waals surface area (Å²) in [6.07, 6.45) is 2.69. The Hall–Kier alpha value is -0.581. The zero-order valence-corrected chi connectivity index (χ0v) is 12.3. The van der Waals surface area contributed by atoms with E-state index in [-0.39, 0.29) is 5.91 Å². The number of pyridine rings is 1. The van der Waals surface area contributed by atoms with E-state index in [4.69, 9.17) is 0 Å². The molecule has 2 heterocycles. The molecule has 3 nitrogen and oxygen atoms in total. The topological polar surface area (TPSA) is 42.0 Å². The molecule has 1 N–H and O–H groups in total. The Kier molecular flexibility index (Phi) is 2.75. The molecule has 0 radical (unpaired) electrons. The number of carbonyl (C=O) groups is 1. The molecule has 0 aliphatic carbocycles. The van der Waals surface area contributed by atoms with Crippen LogP contribution in [-0.2, 0) is 6.42 Å². The minimum absolute atomic E-state index is 0.0272. The van der Waals surface area contributed by atoms with Crippen LogP contribution in [0.2, 0.25) is 14.8 Å². The van der Waals surface area contributed by atoms with Crippen LogP contribution in [0.3, 0.4) is 0 Å². The van der Waals surface area contributed by atoms with Gasteiger partial charge in [-0.25, -0.2) is 0 Å². The van der Waals surface area contributed by atoms with E-state index in [1.165, 1.54) is 9.27 Å². The summed E-state index contributed by atoms with van der Waals surface area (Å²) >= 11 is -2.08. The molecule has 0 aromatic carbocycles. The zero-order valence-electron chi connectivity index (χ0n) is 9.42. The van der Waals surface area contributed by atoms with Crippen molar-refractivity contribution in [1.29, 1.82) is 0 Å². The number of fused-ring (bicyclic) bond motifs is 1. The van der Waals surface area contributed by atoms with Crippen LogP contribution in [-0.4, -0.2) is 35.8 Å². The number of rotatable bonds is 1. The van der Waals surface area contributed by atoms with Crippen molar-refractivity contribution in [3.63, 3.8) is 0 Å². The van der Waals surface area contributed by atoms with Gasteiger partial charge in [0.25, 0.3) is 0 Å². The number of amides is 1. The van der Waals surface area contributed by atoms with Crippen LogP contribution < -0.4 is 9.03 Å². The van der Waals surface area contributed by atoms with Gasteiger partial charge in [-0.05, 0) is 0 Å². The molecule has 0 saturated carbocycles. The summed E-state index contributed by atoms with van der Waals surface area (Å²) in [5, 5.41) is 2.83. The molecule has 80 valence electrons. The first-order valence-corrected chi connectivity index (χ1v) is 15.2. The van der Waals surface area contributed by atoms with Crippen LogP contribution >= 0.6 is 0 Å². The van der Waals surface area contributed by atoms with E-state index >= 15 is 0 Å². The summed E-state index contributed by atoms with van der Waals surface area (Å²) in [7, 11) is 0. The quantitative estimate of drug-likeness (QED) is 0.784. The maximum atomic E-state index is 11.5. The van der Waals surface area contributed by atoms with Crippen LogP contribution in [0.25, 0.3) is 0 Å². The second kappa shape index (κ2) is 3.77. The fraction of sp³-hybridized carbons (Fsp3) is 0.455. The van der Waals surface area contributed by atoms with Gasteiger partial charge in [0, 0.05) is 0 Å². The fourth-order valence-corrected chi connectivity index (χ4v) is 4.75. The van der Waals surface area contributed by atoms with Crippen LogP contribution in [0.4, 0.5) is 0 Å². The molecule has 1 aliphatic rings. The van der Waals surface area contributed by atoms with Crippen LogP contribution in [0, 0.1) is 0 Å². The molecule has 0 spiro atoms. The molecule has 1 amide bonds. The van der Waals surface area contributed by atoms with Crippen LogP contribution in [0.15, 0.2) is 12.3 Å². The minimum atomic E-state index is -2.08. The van der Waals surface area contributed by atoms with Crippen LogP contribution in [0.1, 0.15) is 15.9 Å². The van der Waals surface area contributed by atoms with Crippen molar-refractivity contribution in [3.8, 4) is 0 Å². The third kappa shape index (κ3) is 2.17. The standard InChI is InChI=1S/C8H7N2O.3CH3.Sn/c11-8-7-5-9-3-1-6(7)2-4-10-8;;;;/h1,5H,2,4H2,(H,10,11);3*1H3;. The Bertz CT molecular complexity index is 410. The molecular formula is C11H16N2OSn. The summed E-state index contributed by atoms with van der Waals surface area (Å²) in [6.45, 7) is 0.759. The predicted molar refractivity (Wildman–Crippen MR) is 63.3 cm³/mol. The first-order valence-electron chi connectivity index (χ1n) is 5.26. The van der Waals surface area contributed by atoms with Crippen molar-refractivity contribution in [2.24, 2.45) is 0 Å². The SMILES string of the molecule is [CH3][Sn]([CH3])([CH3])[c]1cc2c(cn1)C(=O)NCC2. The molecule has 1 aliphatic heterocycles. The van der Waals surface area contributed by atoms with E-state index in [0.717, 1.165) is 18.5 Å². The molecule has 0 saturated heterocycles. The predicted octanol–water partition coefficient (Wildman–Crippen LogP) is 0.913. The van der Waals surface area contributed by atoms with Gasteiger partial charge in [0.15, 0.2) is 0 Å². The number of carbonyl (C=O) groups excluding carboxylic acids is 1. The normalized spacial score (nSPS) is 15.8. The molecule has 15 heavy (non-hydrogen) atoms. The molecule has 0 unspecified atom stereocenters. The number of nitrogens with zero attached hydrogens (tertiary/aromatic N) is 1. The Morgan fingerprint density at radius 3 is 2.80 bits per heavy atom. The Morgan fingerprint density at radius 2 is 2.13 bits per heavy atom. The van der Waals surface area contributed by atoms with Gasteiger partial charge >= 0.3 is 94.3 Å². The average molecular weight is 311 g/mol. The van der Waals surface area contributed by atoms with Gasteiger partial charge in [0.2, 0.25) is 0 Å². The van der Waals surface area contributed by atoms with Crippen molar-refractivity contribution in [2.75, 3.05) is 6.54 Å². The Labute approximate surface area is 94.2 Å². The average Bonchev–Trinajstić information content (AvgIpc) is 2.16. The number of aromatic nitrogens is 1. The third-order valence-corrected chi connectivity index (χ3v) is 7.85. The molecule has 2 rings (SSSR count). The molecule has 1 aromatic rings. The monoisotopic (exact) mass is 312 g/mol. The second-order valence-electron chi connectivity index (χ2n) is 4.98. The van der Waals surface area contributed by atoms with Gasteiger partial charge < -0.3 is 0 Å². The van der Waals surface area contributed by atoms with E-state index in [9.17, 15) is 4.79 Å². The van der Waals surface area contributed by atoms with Crippen molar-refractivity contribution in [3.05, 3.63) is 23.4 Å². The summed E-state index contributed by atoms with van der Waals surface area (Å²) in [4.78, 5) is 23.0. The number of nitrogens with one attached hydrogen (secondary N) is 1. The molecule has 0 bridgehead atoms. The van der Waals surface area contributed by atoms with Gasteiger partial charge in [-0.3, -0.25) is 0 Å². The van der Waals surface area contributed by atoms with Crippen molar-refractivity contribution < 1.29 is 4.79 Å². The first kappa shape index (κ1) is 10.9. The van der Waals surface area contributed by atoms with E-state index in [1.54, 1.807) is 6.20 Å². The first-order chi connectivity index (χ1) is 6.98. The molecule has 1 aromatic heterocycles. The summed E-state index contributed by atoms with van der Waals surface area (Å²) in [5.41, 5.74) is 1.94. The summed E-state index contributed by atoms with van der Waals surface area (Å²) < 4.78 is 1.26. The zero-order chi connectivity index (χ0) is 11.1. The summed E-state index contributed by atoms with van der Waals surface area (Å²) in [6, 6.07) is 2.16. The second-order valence-corrected chi connectivity index (χ2v) is 19.3. The van der Waals surface area contributed by atoms with E-state index in [1.807, 2.05) is 0 Å². The Morgan fingerprint density at radius 1 is 1.40 bits per heavy atom. The van der Waals surface area contributed by atoms with Gasteiger partial charge in [-0.2, -0.15) is 0 Å².